The van der Waals surface area contributed by atoms with Gasteiger partial charge in [0.05, 0.1) is 0 Å². The zero-order valence-corrected chi connectivity index (χ0v) is 90.5. The smallest absolute Gasteiger partial charge is 0.305 e. The van der Waals surface area contributed by atoms with E-state index in [2.05, 4.69) is 139 Å². The van der Waals surface area contributed by atoms with Gasteiger partial charge in [0, 0.05) is 115 Å². The topological polar surface area (TPSA) is 103 Å². The van der Waals surface area contributed by atoms with E-state index in [-0.39, 0.29) is 108 Å². The molecule has 0 aliphatic rings. The SMILES string of the molecule is CSc1ccnc(-c2[c-]c(C)cc(C(F)(F)F)c2)c1.CSc1ccnc(-c2[c-]c(C)cc(C(F)(F)F)c2)c1.CSc1ccnc(-c2[c-]cc(F)cc2)c1.CSc1ccnc(-c2[c-]cccc2F)c1.Cc1cc(-c2cc(CS)ccn2)[c-]c(C(F)(F)F)c1.Cc1cc(-c2cc(CS)ccn2)[c-]c(C(F)(F)F)c1.Fc1c[c-]c(-c2cc(CS)ccn2)cc1.Fc1ccc[c-]c1-c1cc(CS)ccn1.[Pt+2].[Pt+2].[Pt+2].[Pt+2]. The van der Waals surface area contributed by atoms with E-state index in [0.717, 1.165) is 101 Å². The van der Waals surface area contributed by atoms with Gasteiger partial charge in [-0.15, -0.1) is 273 Å². The van der Waals surface area contributed by atoms with Crippen molar-refractivity contribution in [3.05, 3.63) is 407 Å². The van der Waals surface area contributed by atoms with E-state index in [4.69, 9.17) is 0 Å². The van der Waals surface area contributed by atoms with Crippen LogP contribution in [-0.2, 0) is 132 Å². The first-order chi connectivity index (χ1) is 64.8. The number of thioether (sulfide) groups is 4. The summed E-state index contributed by atoms with van der Waals surface area (Å²) in [4.78, 5) is 37.2. The molecule has 0 saturated heterocycles. The summed E-state index contributed by atoms with van der Waals surface area (Å²) in [5.74, 6) is 1.13. The number of nitrogens with zero attached hydrogens (tertiary/aromatic N) is 8. The first-order valence-electron chi connectivity index (χ1n) is 40.2. The van der Waals surface area contributed by atoms with E-state index < -0.39 is 47.0 Å². The predicted octanol–water partition coefficient (Wildman–Crippen LogP) is 30.9. The number of aromatic nitrogens is 8. The molecule has 8 aromatic heterocycles. The molecular weight excluding hydrogens is 2700 g/mol. The van der Waals surface area contributed by atoms with Crippen molar-refractivity contribution >= 4 is 97.6 Å². The number of halogens is 16. The average Bonchev–Trinajstić information content (AvgIpc) is 0.811. The van der Waals surface area contributed by atoms with Crippen molar-refractivity contribution in [2.45, 2.75) is 95.0 Å². The van der Waals surface area contributed by atoms with Crippen LogP contribution in [0.2, 0.25) is 0 Å². The van der Waals surface area contributed by atoms with E-state index >= 15 is 0 Å². The van der Waals surface area contributed by atoms with Crippen LogP contribution < -0.4 is 0 Å². The summed E-state index contributed by atoms with van der Waals surface area (Å²) in [5.41, 5.74) is 11.6. The van der Waals surface area contributed by atoms with Gasteiger partial charge in [0.1, 0.15) is 0 Å². The van der Waals surface area contributed by atoms with Crippen molar-refractivity contribution in [2.24, 2.45) is 0 Å². The number of thiol groups is 4. The molecule has 16 aromatic rings. The summed E-state index contributed by atoms with van der Waals surface area (Å²) in [6.45, 7) is 6.43. The summed E-state index contributed by atoms with van der Waals surface area (Å²) >= 11 is 22.9. The Kier molecular flexibility index (Phi) is 51.9. The second kappa shape index (κ2) is 59.6. The molecule has 140 heavy (non-hydrogen) atoms. The van der Waals surface area contributed by atoms with E-state index in [9.17, 15) is 70.2 Å². The van der Waals surface area contributed by atoms with Gasteiger partial charge in [0.25, 0.3) is 0 Å². The maximum atomic E-state index is 13.4. The molecule has 736 valence electrons. The Hall–Kier alpha value is -8.61. The second-order valence-electron chi connectivity index (χ2n) is 28.7. The van der Waals surface area contributed by atoms with Crippen molar-refractivity contribution in [1.82, 2.24) is 39.9 Å². The number of hydrogen-bond acceptors (Lipinski definition) is 16. The zero-order valence-electron chi connectivity index (χ0n) is 74.5. The van der Waals surface area contributed by atoms with Gasteiger partial charge in [-0.3, -0.25) is 17.6 Å². The molecule has 0 aliphatic heterocycles. The van der Waals surface area contributed by atoms with Gasteiger partial charge >= 0.3 is 109 Å². The van der Waals surface area contributed by atoms with Crippen LogP contribution >= 0.6 is 97.6 Å². The average molecular weight is 2780 g/mol. The Bertz CT molecular complexity index is 5990. The van der Waals surface area contributed by atoms with E-state index in [1.54, 1.807) is 186 Å². The zero-order chi connectivity index (χ0) is 98.9. The van der Waals surface area contributed by atoms with Crippen molar-refractivity contribution in [3.8, 4) is 90.1 Å². The number of pyridine rings is 8. The molecule has 8 heterocycles. The maximum Gasteiger partial charge on any atom is 2.00 e. The van der Waals surface area contributed by atoms with Crippen molar-refractivity contribution in [1.29, 1.82) is 0 Å². The number of hydrogen-bond donors (Lipinski definition) is 4. The minimum atomic E-state index is -4.40. The van der Waals surface area contributed by atoms with Gasteiger partial charge in [-0.05, 0) is 164 Å². The molecule has 0 bridgehead atoms. The third-order valence-electron chi connectivity index (χ3n) is 18.5. The molecule has 0 radical (unpaired) electrons. The van der Waals surface area contributed by atoms with Crippen molar-refractivity contribution in [2.75, 3.05) is 25.0 Å². The van der Waals surface area contributed by atoms with Crippen LogP contribution in [0.1, 0.15) is 66.8 Å². The normalized spacial score (nSPS) is 10.7. The monoisotopic (exact) mass is 2780 g/mol. The molecule has 0 spiro atoms. The number of benzene rings is 8. The first kappa shape index (κ1) is 122. The Morgan fingerprint density at radius 2 is 0.543 bits per heavy atom. The Morgan fingerprint density at radius 3 is 0.821 bits per heavy atom. The molecule has 0 unspecified atom stereocenters. The van der Waals surface area contributed by atoms with E-state index in [1.807, 2.05) is 85.7 Å². The molecule has 0 aliphatic carbocycles. The third kappa shape index (κ3) is 39.2. The van der Waals surface area contributed by atoms with Gasteiger partial charge in [-0.25, -0.2) is 0 Å². The molecule has 16 rings (SSSR count). The van der Waals surface area contributed by atoms with E-state index in [1.165, 1.54) is 59.9 Å². The van der Waals surface area contributed by atoms with Crippen LogP contribution in [0.4, 0.5) is 70.2 Å². The fourth-order valence-electron chi connectivity index (χ4n) is 12.0. The summed E-state index contributed by atoms with van der Waals surface area (Å²) in [7, 11) is 0. The maximum absolute atomic E-state index is 13.4. The van der Waals surface area contributed by atoms with Gasteiger partial charge in [-0.2, -0.15) is 103 Å². The van der Waals surface area contributed by atoms with Crippen LogP contribution in [0.15, 0.2) is 288 Å². The first-order valence-corrected chi connectivity index (χ1v) is 47.6. The molecule has 0 fully saturated rings. The predicted molar refractivity (Wildman–Crippen MR) is 525 cm³/mol. The number of rotatable bonds is 16. The molecule has 36 heteroatoms. The largest absolute Gasteiger partial charge is 2.00 e. The summed E-state index contributed by atoms with van der Waals surface area (Å²) < 4.78 is 205. The molecule has 0 amide bonds. The van der Waals surface area contributed by atoms with Crippen molar-refractivity contribution in [3.63, 3.8) is 0 Å². The summed E-state index contributed by atoms with van der Waals surface area (Å²) in [5, 5.41) is 0. The number of alkyl halides is 12. The minimum Gasteiger partial charge on any atom is -0.305 e. The van der Waals surface area contributed by atoms with Gasteiger partial charge < -0.3 is 39.9 Å². The summed E-state index contributed by atoms with van der Waals surface area (Å²) in [6, 6.07) is 79.3. The Balaban J connectivity index is 0.000000282. The second-order valence-corrected chi connectivity index (χ2v) is 33.5. The molecular formula is C104H80F16N8Pt4S8. The Labute approximate surface area is 899 Å². The van der Waals surface area contributed by atoms with Gasteiger partial charge in [-0.1, -0.05) is 87.4 Å². The van der Waals surface area contributed by atoms with Crippen molar-refractivity contribution < 1.29 is 155 Å². The van der Waals surface area contributed by atoms with Crippen LogP contribution in [-0.4, -0.2) is 64.9 Å². The van der Waals surface area contributed by atoms with Crippen LogP contribution in [0.3, 0.4) is 0 Å². The molecule has 8 nitrogen and oxygen atoms in total. The quantitative estimate of drug-likeness (QED) is 0.0321. The number of aryl methyl sites for hydroxylation is 4. The fourth-order valence-corrected chi connectivity index (χ4v) is 14.5. The Morgan fingerprint density at radius 1 is 0.279 bits per heavy atom. The van der Waals surface area contributed by atoms with Gasteiger partial charge in [0.2, 0.25) is 0 Å². The van der Waals surface area contributed by atoms with Gasteiger partial charge in [0.15, 0.2) is 0 Å². The minimum absolute atomic E-state index is 0. The molecule has 0 N–H and O–H groups in total. The third-order valence-corrected chi connectivity index (χ3v) is 22.9. The van der Waals surface area contributed by atoms with Crippen LogP contribution in [0.25, 0.3) is 90.1 Å². The molecule has 0 atom stereocenters. The molecule has 8 aromatic carbocycles. The fraction of sp³-hybridized carbons (Fsp3) is 0.154. The molecule has 0 saturated carbocycles. The summed E-state index contributed by atoms with van der Waals surface area (Å²) in [6.07, 6.45) is 3.38. The standard InChI is InChI=1S/4C14H11F3NS.4C12H9FNS.4Pt/c2*1-9-5-10(7-11(6-9)14(15,16)17)13-8-12(19-2)3-4-18-13;2*1-9-4-11(7-12(5-9)14(15,16)17)13-6-10(8-19)2-3-18-13;1-15-11-6-7-14-12(8-11)9-2-4-10(13)5-3-9;1-15-9-6-7-14-12(8-9)10-4-2-3-5-11(10)13;13-11-3-1-10(2-4-11)12-7-9(8-15)5-6-14-12;13-11-4-2-1-3-10(11)12-7-9(8-15)5-6-14-12;;;;/h2*3-4,6-8H,1-2H3;2*2-6,19H,8H2,1H3;2,4-8H,1H3;2-3,5-8H,1H3;1,3-7,15H,8H2;1-2,4-7,15H,8H2;;;;/q8*-1;4*+2. The van der Waals surface area contributed by atoms with E-state index in [0.29, 0.717) is 113 Å². The van der Waals surface area contributed by atoms with Crippen LogP contribution in [0, 0.1) is 99.5 Å². The van der Waals surface area contributed by atoms with Crippen LogP contribution in [0.5, 0.6) is 0 Å².